The Bertz CT molecular complexity index is 761. The molecule has 2 N–H and O–H groups in total. The molecule has 0 atom stereocenters. The highest BCUT2D eigenvalue weighted by Gasteiger charge is 2.13. The maximum atomic E-state index is 12.1. The highest BCUT2D eigenvalue weighted by atomic mass is 16.2. The molecular weight excluding hydrogens is 304 g/mol. The molecule has 6 heteroatoms. The first-order valence-electron chi connectivity index (χ1n) is 7.37. The van der Waals surface area contributed by atoms with Crippen LogP contribution in [0.15, 0.2) is 48.5 Å². The van der Waals surface area contributed by atoms with Crippen LogP contribution in [0.2, 0.25) is 0 Å². The summed E-state index contributed by atoms with van der Waals surface area (Å²) in [7, 11) is 1.54. The SMILES string of the molecule is Cc1ccc(NC(=O)CN(C)C(=O)Nc2ccc(C#N)cc2)cc1. The summed E-state index contributed by atoms with van der Waals surface area (Å²) in [5.41, 5.74) is 2.86. The Morgan fingerprint density at radius 2 is 1.54 bits per heavy atom. The zero-order valence-corrected chi connectivity index (χ0v) is 13.5. The number of amides is 3. The summed E-state index contributed by atoms with van der Waals surface area (Å²) in [5.74, 6) is -0.281. The number of hydrogen-bond acceptors (Lipinski definition) is 3. The van der Waals surface area contributed by atoms with E-state index in [9.17, 15) is 9.59 Å². The lowest BCUT2D eigenvalue weighted by molar-refractivity contribution is -0.116. The molecule has 3 amide bonds. The predicted octanol–water partition coefficient (Wildman–Crippen LogP) is 2.97. The van der Waals surface area contributed by atoms with Gasteiger partial charge in [0.15, 0.2) is 0 Å². The summed E-state index contributed by atoms with van der Waals surface area (Å²) in [5, 5.41) is 14.1. The van der Waals surface area contributed by atoms with Gasteiger partial charge in [0.2, 0.25) is 5.91 Å². The van der Waals surface area contributed by atoms with Gasteiger partial charge < -0.3 is 15.5 Å². The lowest BCUT2D eigenvalue weighted by Crippen LogP contribution is -2.37. The summed E-state index contributed by atoms with van der Waals surface area (Å²) in [6, 6.07) is 15.5. The lowest BCUT2D eigenvalue weighted by Gasteiger charge is -2.17. The predicted molar refractivity (Wildman–Crippen MR) is 92.6 cm³/mol. The topological polar surface area (TPSA) is 85.2 Å². The van der Waals surface area contributed by atoms with Crippen molar-refractivity contribution >= 4 is 23.3 Å². The van der Waals surface area contributed by atoms with Crippen molar-refractivity contribution in [3.63, 3.8) is 0 Å². The third-order valence-corrected chi connectivity index (χ3v) is 3.33. The second-order valence-corrected chi connectivity index (χ2v) is 5.39. The summed E-state index contributed by atoms with van der Waals surface area (Å²) in [6.45, 7) is 1.89. The Labute approximate surface area is 140 Å². The van der Waals surface area contributed by atoms with Gasteiger partial charge in [0.1, 0.15) is 6.54 Å². The molecule has 6 nitrogen and oxygen atoms in total. The minimum Gasteiger partial charge on any atom is -0.325 e. The maximum absolute atomic E-state index is 12.1. The quantitative estimate of drug-likeness (QED) is 0.907. The van der Waals surface area contributed by atoms with Crippen LogP contribution in [-0.4, -0.2) is 30.4 Å². The van der Waals surface area contributed by atoms with E-state index in [1.54, 1.807) is 24.3 Å². The molecule has 0 heterocycles. The van der Waals surface area contributed by atoms with E-state index in [1.165, 1.54) is 11.9 Å². The number of nitriles is 1. The number of hydrogen-bond donors (Lipinski definition) is 2. The summed E-state index contributed by atoms with van der Waals surface area (Å²) < 4.78 is 0. The molecule has 0 unspecified atom stereocenters. The van der Waals surface area contributed by atoms with E-state index in [-0.39, 0.29) is 12.5 Å². The van der Waals surface area contributed by atoms with Gasteiger partial charge in [-0.3, -0.25) is 4.79 Å². The smallest absolute Gasteiger partial charge is 0.322 e. The fourth-order valence-electron chi connectivity index (χ4n) is 1.97. The van der Waals surface area contributed by atoms with Crippen LogP contribution >= 0.6 is 0 Å². The fraction of sp³-hybridized carbons (Fsp3) is 0.167. The van der Waals surface area contributed by atoms with E-state index in [0.717, 1.165) is 5.56 Å². The summed E-state index contributed by atoms with van der Waals surface area (Å²) in [4.78, 5) is 25.3. The highest BCUT2D eigenvalue weighted by Crippen LogP contribution is 2.10. The molecule has 0 aliphatic carbocycles. The van der Waals surface area contributed by atoms with E-state index in [0.29, 0.717) is 16.9 Å². The molecule has 2 rings (SSSR count). The van der Waals surface area contributed by atoms with Crippen LogP contribution in [0.1, 0.15) is 11.1 Å². The van der Waals surface area contributed by atoms with Crippen molar-refractivity contribution in [3.05, 3.63) is 59.7 Å². The molecule has 0 bridgehead atoms. The Hall–Kier alpha value is -3.33. The Kier molecular flexibility index (Phi) is 5.53. The number of urea groups is 1. The van der Waals surface area contributed by atoms with Crippen molar-refractivity contribution in [2.75, 3.05) is 24.2 Å². The molecule has 0 radical (unpaired) electrons. The Morgan fingerprint density at radius 3 is 2.12 bits per heavy atom. The van der Waals surface area contributed by atoms with E-state index >= 15 is 0 Å². The van der Waals surface area contributed by atoms with Gasteiger partial charge in [0.05, 0.1) is 11.6 Å². The van der Waals surface area contributed by atoms with Gasteiger partial charge in [-0.1, -0.05) is 17.7 Å². The molecule has 0 saturated heterocycles. The van der Waals surface area contributed by atoms with E-state index in [1.807, 2.05) is 37.3 Å². The summed E-state index contributed by atoms with van der Waals surface area (Å²) in [6.07, 6.45) is 0. The van der Waals surface area contributed by atoms with Crippen LogP contribution < -0.4 is 10.6 Å². The van der Waals surface area contributed by atoms with Gasteiger partial charge in [-0.05, 0) is 43.3 Å². The van der Waals surface area contributed by atoms with Crippen molar-refractivity contribution in [1.82, 2.24) is 4.90 Å². The molecule has 0 saturated carbocycles. The van der Waals surface area contributed by atoms with E-state index in [4.69, 9.17) is 5.26 Å². The normalized spacial score (nSPS) is 9.71. The van der Waals surface area contributed by atoms with Crippen LogP contribution in [0, 0.1) is 18.3 Å². The molecular formula is C18H18N4O2. The first kappa shape index (κ1) is 17.0. The van der Waals surface area contributed by atoms with Gasteiger partial charge in [-0.2, -0.15) is 5.26 Å². The number of rotatable bonds is 4. The van der Waals surface area contributed by atoms with Crippen LogP contribution in [0.3, 0.4) is 0 Å². The van der Waals surface area contributed by atoms with Gasteiger partial charge in [-0.25, -0.2) is 4.79 Å². The van der Waals surface area contributed by atoms with Crippen molar-refractivity contribution in [2.24, 2.45) is 0 Å². The van der Waals surface area contributed by atoms with Crippen LogP contribution in [-0.2, 0) is 4.79 Å². The van der Waals surface area contributed by atoms with Crippen LogP contribution in [0.5, 0.6) is 0 Å². The minimum absolute atomic E-state index is 0.0734. The average molecular weight is 322 g/mol. The molecule has 0 fully saturated rings. The monoisotopic (exact) mass is 322 g/mol. The third kappa shape index (κ3) is 4.85. The molecule has 0 aromatic heterocycles. The lowest BCUT2D eigenvalue weighted by atomic mass is 10.2. The first-order valence-corrected chi connectivity index (χ1v) is 7.37. The van der Waals surface area contributed by atoms with E-state index < -0.39 is 6.03 Å². The summed E-state index contributed by atoms with van der Waals surface area (Å²) >= 11 is 0. The number of nitrogens with zero attached hydrogens (tertiary/aromatic N) is 2. The zero-order valence-electron chi connectivity index (χ0n) is 13.5. The Morgan fingerprint density at radius 1 is 1.00 bits per heavy atom. The van der Waals surface area contributed by atoms with Crippen molar-refractivity contribution < 1.29 is 9.59 Å². The largest absolute Gasteiger partial charge is 0.325 e. The van der Waals surface area contributed by atoms with Crippen molar-refractivity contribution in [1.29, 1.82) is 5.26 Å². The second kappa shape index (κ2) is 7.79. The average Bonchev–Trinajstić information content (AvgIpc) is 2.57. The molecule has 0 spiro atoms. The number of carbonyl (C=O) groups excluding carboxylic acids is 2. The number of carbonyl (C=O) groups is 2. The zero-order chi connectivity index (χ0) is 17.5. The first-order chi connectivity index (χ1) is 11.5. The molecule has 0 aliphatic rings. The molecule has 2 aromatic carbocycles. The maximum Gasteiger partial charge on any atom is 0.322 e. The number of anilines is 2. The van der Waals surface area contributed by atoms with Gasteiger partial charge >= 0.3 is 6.03 Å². The van der Waals surface area contributed by atoms with E-state index in [2.05, 4.69) is 10.6 Å². The number of likely N-dealkylation sites (N-methyl/N-ethyl adjacent to an activating group) is 1. The fourth-order valence-corrected chi connectivity index (χ4v) is 1.97. The van der Waals surface area contributed by atoms with Gasteiger partial charge in [0, 0.05) is 18.4 Å². The second-order valence-electron chi connectivity index (χ2n) is 5.39. The number of aryl methyl sites for hydroxylation is 1. The standard InChI is InChI=1S/C18H18N4O2/c1-13-3-7-15(8-4-13)20-17(23)12-22(2)18(24)21-16-9-5-14(11-19)6-10-16/h3-10H,12H2,1-2H3,(H,20,23)(H,21,24). The van der Waals surface area contributed by atoms with Crippen molar-refractivity contribution in [2.45, 2.75) is 6.92 Å². The number of benzene rings is 2. The highest BCUT2D eigenvalue weighted by molar-refractivity contribution is 5.96. The van der Waals surface area contributed by atoms with Gasteiger partial charge in [-0.15, -0.1) is 0 Å². The third-order valence-electron chi connectivity index (χ3n) is 3.33. The molecule has 2 aromatic rings. The van der Waals surface area contributed by atoms with Crippen molar-refractivity contribution in [3.8, 4) is 6.07 Å². The Balaban J connectivity index is 1.87. The van der Waals surface area contributed by atoms with Gasteiger partial charge in [0.25, 0.3) is 0 Å². The molecule has 122 valence electrons. The van der Waals surface area contributed by atoms with Crippen LogP contribution in [0.25, 0.3) is 0 Å². The number of nitrogens with one attached hydrogen (secondary N) is 2. The minimum atomic E-state index is -0.404. The van der Waals surface area contributed by atoms with Crippen LogP contribution in [0.4, 0.5) is 16.2 Å². The molecule has 0 aliphatic heterocycles. The molecule has 24 heavy (non-hydrogen) atoms.